The van der Waals surface area contributed by atoms with Gasteiger partial charge in [0.05, 0.1) is 0 Å². The maximum Gasteiger partial charge on any atom is 0.350 e. The van der Waals surface area contributed by atoms with Gasteiger partial charge in [-0.25, -0.2) is 0 Å². The fraction of sp³-hybridized carbons (Fsp3) is 1.00. The Bertz CT molecular complexity index is 173. The van der Waals surface area contributed by atoms with Crippen LogP contribution in [0.5, 0.6) is 0 Å². The molecule has 3 nitrogen and oxygen atoms in total. The first-order valence-corrected chi connectivity index (χ1v) is 6.21. The van der Waals surface area contributed by atoms with Crippen molar-refractivity contribution in [1.82, 2.24) is 0 Å². The summed E-state index contributed by atoms with van der Waals surface area (Å²) in [5, 5.41) is -0.766. The minimum atomic E-state index is -3.35. The summed E-state index contributed by atoms with van der Waals surface area (Å²) in [6.45, 7) is 3.01. The van der Waals surface area contributed by atoms with Gasteiger partial charge in [0.2, 0.25) is 0 Å². The van der Waals surface area contributed by atoms with Crippen LogP contribution in [0.2, 0.25) is 0 Å². The van der Waals surface area contributed by atoms with Crippen molar-refractivity contribution < 1.29 is 13.6 Å². The van der Waals surface area contributed by atoms with E-state index in [0.717, 1.165) is 0 Å². The molecule has 0 aromatic carbocycles. The molecule has 0 aliphatic rings. The van der Waals surface area contributed by atoms with Gasteiger partial charge in [-0.15, -0.1) is 11.6 Å². The second-order valence-electron chi connectivity index (χ2n) is 2.00. The highest BCUT2D eigenvalue weighted by Crippen LogP contribution is 2.55. The maximum atomic E-state index is 11.6. The molecule has 0 heterocycles. The van der Waals surface area contributed by atoms with Crippen LogP contribution >= 0.6 is 42.4 Å². The Morgan fingerprint density at radius 2 is 1.92 bits per heavy atom. The van der Waals surface area contributed by atoms with E-state index in [1.165, 1.54) is 13.8 Å². The first-order chi connectivity index (χ1) is 5.42. The molecule has 0 aliphatic carbocycles. The fourth-order valence-corrected chi connectivity index (χ4v) is 2.51. The Morgan fingerprint density at radius 3 is 2.17 bits per heavy atom. The van der Waals surface area contributed by atoms with Crippen LogP contribution in [0.25, 0.3) is 0 Å². The van der Waals surface area contributed by atoms with Crippen LogP contribution in [0.15, 0.2) is 0 Å². The van der Waals surface area contributed by atoms with E-state index in [1.54, 1.807) is 0 Å². The van der Waals surface area contributed by atoms with Crippen LogP contribution in [0, 0.1) is 0 Å². The first-order valence-electron chi connectivity index (χ1n) is 3.19. The Balaban J connectivity index is 4.30. The summed E-state index contributed by atoms with van der Waals surface area (Å²) in [5.41, 5.74) is -0.722. The molecule has 0 N–H and O–H groups in total. The second kappa shape index (κ2) is 5.69. The predicted octanol–water partition coefficient (Wildman–Crippen LogP) is 3.58. The predicted molar refractivity (Wildman–Crippen MR) is 51.1 cm³/mol. The molecule has 3 atom stereocenters. The van der Waals surface area contributed by atoms with E-state index in [4.69, 9.17) is 39.3 Å². The van der Waals surface area contributed by atoms with Crippen molar-refractivity contribution in [2.75, 3.05) is 6.07 Å². The smallest absolute Gasteiger partial charge is 0.291 e. The van der Waals surface area contributed by atoms with Crippen LogP contribution in [-0.2, 0) is 13.6 Å². The lowest BCUT2D eigenvalue weighted by atomic mass is 10.9. The summed E-state index contributed by atoms with van der Waals surface area (Å²) >= 11 is 16.3. The van der Waals surface area contributed by atoms with Crippen LogP contribution in [-0.4, -0.2) is 16.7 Å². The molecule has 0 amide bonds. The van der Waals surface area contributed by atoms with Gasteiger partial charge in [0.1, 0.15) is 16.7 Å². The van der Waals surface area contributed by atoms with Crippen molar-refractivity contribution >= 4 is 42.4 Å². The normalized spacial score (nSPS) is 21.4. The molecule has 3 unspecified atom stereocenters. The van der Waals surface area contributed by atoms with Gasteiger partial charge in [-0.1, -0.05) is 23.2 Å². The molecule has 0 bridgehead atoms. The molecule has 0 radical (unpaired) electrons. The zero-order valence-corrected chi connectivity index (χ0v) is 9.83. The van der Waals surface area contributed by atoms with Gasteiger partial charge in [0, 0.05) is 0 Å². The molecule has 0 saturated carbocycles. The molecule has 0 fully saturated rings. The molecular formula is C5H10Cl3O3P. The van der Waals surface area contributed by atoms with Gasteiger partial charge < -0.3 is 0 Å². The third kappa shape index (κ3) is 4.31. The zero-order valence-electron chi connectivity index (χ0n) is 6.67. The summed E-state index contributed by atoms with van der Waals surface area (Å²) in [7, 11) is -3.35. The quantitative estimate of drug-likeness (QED) is 0.556. The van der Waals surface area contributed by atoms with E-state index in [-0.39, 0.29) is 6.07 Å². The first kappa shape index (κ1) is 13.0. The fourth-order valence-electron chi connectivity index (χ4n) is 0.487. The van der Waals surface area contributed by atoms with E-state index < -0.39 is 18.3 Å². The van der Waals surface area contributed by atoms with Crippen molar-refractivity contribution in [3.8, 4) is 0 Å². The van der Waals surface area contributed by atoms with E-state index in [9.17, 15) is 4.57 Å². The van der Waals surface area contributed by atoms with Gasteiger partial charge in [-0.2, -0.15) is 0 Å². The van der Waals surface area contributed by atoms with Crippen LogP contribution in [0.1, 0.15) is 13.8 Å². The van der Waals surface area contributed by atoms with Crippen molar-refractivity contribution in [1.29, 1.82) is 0 Å². The van der Waals surface area contributed by atoms with Crippen molar-refractivity contribution in [2.45, 2.75) is 24.5 Å². The average molecular weight is 255 g/mol. The van der Waals surface area contributed by atoms with E-state index >= 15 is 0 Å². The summed E-state index contributed by atoms with van der Waals surface area (Å²) in [6, 6.07) is -0.238. The number of hydrogen-bond acceptors (Lipinski definition) is 3. The zero-order chi connectivity index (χ0) is 9.78. The molecule has 12 heavy (non-hydrogen) atoms. The van der Waals surface area contributed by atoms with Gasteiger partial charge >= 0.3 is 7.60 Å². The van der Waals surface area contributed by atoms with Crippen LogP contribution in [0.3, 0.4) is 0 Å². The average Bonchev–Trinajstić information content (AvgIpc) is 1.85. The number of alkyl halides is 3. The summed E-state index contributed by atoms with van der Waals surface area (Å²) in [5.74, 6) is 0. The van der Waals surface area contributed by atoms with Gasteiger partial charge in [-0.05, 0) is 13.8 Å². The Hall–Kier alpha value is 1.02. The minimum Gasteiger partial charge on any atom is -0.291 e. The van der Waals surface area contributed by atoms with Gasteiger partial charge in [0.25, 0.3) is 0 Å². The Morgan fingerprint density at radius 1 is 1.42 bits per heavy atom. The largest absolute Gasteiger partial charge is 0.350 e. The molecule has 0 spiro atoms. The number of rotatable bonds is 5. The second-order valence-corrected chi connectivity index (χ2v) is 6.12. The van der Waals surface area contributed by atoms with E-state index in [0.29, 0.717) is 0 Å². The summed E-state index contributed by atoms with van der Waals surface area (Å²) in [4.78, 5) is 0. The topological polar surface area (TPSA) is 35.5 Å². The molecule has 7 heteroatoms. The SMILES string of the molecule is CC(Cl)OP(=O)(OCCl)C(C)Cl. The molecule has 74 valence electrons. The highest BCUT2D eigenvalue weighted by atomic mass is 35.5. The van der Waals surface area contributed by atoms with Crippen LogP contribution in [0.4, 0.5) is 0 Å². The van der Waals surface area contributed by atoms with Gasteiger partial charge in [-0.3, -0.25) is 13.6 Å². The molecule has 0 aromatic rings. The Labute approximate surface area is 86.8 Å². The summed E-state index contributed by atoms with van der Waals surface area (Å²) < 4.78 is 21.1. The van der Waals surface area contributed by atoms with Crippen molar-refractivity contribution in [2.24, 2.45) is 0 Å². The monoisotopic (exact) mass is 254 g/mol. The number of halogens is 3. The lowest BCUT2D eigenvalue weighted by Gasteiger charge is -2.20. The highest BCUT2D eigenvalue weighted by molar-refractivity contribution is 7.56. The lowest BCUT2D eigenvalue weighted by Crippen LogP contribution is -2.06. The van der Waals surface area contributed by atoms with Gasteiger partial charge in [0.15, 0.2) is 0 Å². The lowest BCUT2D eigenvalue weighted by molar-refractivity contribution is 0.215. The van der Waals surface area contributed by atoms with Crippen LogP contribution < -0.4 is 0 Å². The maximum absolute atomic E-state index is 11.6. The molecule has 0 aromatic heterocycles. The third-order valence-corrected chi connectivity index (χ3v) is 4.12. The minimum absolute atomic E-state index is 0.238. The van der Waals surface area contributed by atoms with E-state index in [1.807, 2.05) is 0 Å². The van der Waals surface area contributed by atoms with E-state index in [2.05, 4.69) is 4.52 Å². The van der Waals surface area contributed by atoms with Crippen molar-refractivity contribution in [3.05, 3.63) is 0 Å². The highest BCUT2D eigenvalue weighted by Gasteiger charge is 2.32. The molecule has 0 rings (SSSR count). The standard InChI is InChI=1S/C5H10Cl3O3P/c1-4(7)11-12(9,5(2)8)10-3-6/h4-5H,3H2,1-2H3. The summed E-state index contributed by atoms with van der Waals surface area (Å²) in [6.07, 6.45) is 0. The molecule has 0 saturated heterocycles. The third-order valence-electron chi connectivity index (χ3n) is 0.957. The number of hydrogen-bond donors (Lipinski definition) is 0. The molecular weight excluding hydrogens is 245 g/mol. The van der Waals surface area contributed by atoms with Crippen molar-refractivity contribution in [3.63, 3.8) is 0 Å². The molecule has 0 aliphatic heterocycles. The Kier molecular flexibility index (Phi) is 6.17.